The number of ketones is 1. The van der Waals surface area contributed by atoms with Gasteiger partial charge in [0.1, 0.15) is 5.75 Å². The van der Waals surface area contributed by atoms with Crippen molar-refractivity contribution in [1.82, 2.24) is 0 Å². The van der Waals surface area contributed by atoms with Crippen LogP contribution in [-0.4, -0.2) is 11.9 Å². The molecule has 0 amide bonds. The number of carbonyl (C=O) groups excluding carboxylic acids is 1. The number of Topliss-reactive ketones (excluding diaryl/α,β-unsaturated/α-hetero) is 1. The molecule has 1 atom stereocenters. The van der Waals surface area contributed by atoms with Crippen molar-refractivity contribution >= 4 is 5.78 Å². The van der Waals surface area contributed by atoms with Gasteiger partial charge in [0.15, 0.2) is 6.10 Å². The third-order valence-corrected chi connectivity index (χ3v) is 3.03. The summed E-state index contributed by atoms with van der Waals surface area (Å²) in [4.78, 5) is 11.9. The Hall–Kier alpha value is -2.09. The average Bonchev–Trinajstić information content (AvgIpc) is 2.67. The van der Waals surface area contributed by atoms with Crippen molar-refractivity contribution in [3.63, 3.8) is 0 Å². The predicted molar refractivity (Wildman–Crippen MR) is 66.3 cm³/mol. The molecule has 1 heterocycles. The largest absolute Gasteiger partial charge is 0.481 e. The Morgan fingerprint density at radius 1 is 0.941 bits per heavy atom. The number of rotatable bonds is 1. The highest BCUT2D eigenvalue weighted by atomic mass is 16.5. The topological polar surface area (TPSA) is 26.3 Å². The van der Waals surface area contributed by atoms with E-state index < -0.39 is 0 Å². The van der Waals surface area contributed by atoms with Gasteiger partial charge in [-0.1, -0.05) is 42.5 Å². The van der Waals surface area contributed by atoms with Crippen molar-refractivity contribution < 1.29 is 9.53 Å². The molecule has 17 heavy (non-hydrogen) atoms. The normalized spacial score (nSPS) is 17.7. The third-order valence-electron chi connectivity index (χ3n) is 3.03. The fourth-order valence-electron chi connectivity index (χ4n) is 2.15. The van der Waals surface area contributed by atoms with E-state index in [1.54, 1.807) is 6.92 Å². The first-order valence-electron chi connectivity index (χ1n) is 5.66. The van der Waals surface area contributed by atoms with Crippen LogP contribution in [0.15, 0.2) is 48.5 Å². The summed E-state index contributed by atoms with van der Waals surface area (Å²) in [5.74, 6) is 0.786. The molecule has 0 fully saturated rings. The van der Waals surface area contributed by atoms with Gasteiger partial charge in [-0.25, -0.2) is 0 Å². The first-order chi connectivity index (χ1) is 8.27. The van der Waals surface area contributed by atoms with Gasteiger partial charge >= 0.3 is 0 Å². The van der Waals surface area contributed by atoms with Crippen LogP contribution in [0.4, 0.5) is 0 Å². The lowest BCUT2D eigenvalue weighted by Crippen LogP contribution is -2.14. The number of para-hydroxylation sites is 1. The van der Waals surface area contributed by atoms with E-state index in [-0.39, 0.29) is 11.9 Å². The lowest BCUT2D eigenvalue weighted by Gasteiger charge is -2.08. The summed E-state index contributed by atoms with van der Waals surface area (Å²) in [7, 11) is 0. The lowest BCUT2D eigenvalue weighted by atomic mass is 10.0. The smallest absolute Gasteiger partial charge is 0.206 e. The van der Waals surface area contributed by atoms with Gasteiger partial charge in [-0.3, -0.25) is 4.79 Å². The monoisotopic (exact) mass is 224 g/mol. The zero-order chi connectivity index (χ0) is 11.8. The Kier molecular flexibility index (Phi) is 2.22. The van der Waals surface area contributed by atoms with E-state index in [2.05, 4.69) is 0 Å². The summed E-state index contributed by atoms with van der Waals surface area (Å²) in [6, 6.07) is 15.7. The van der Waals surface area contributed by atoms with Gasteiger partial charge in [-0.2, -0.15) is 0 Å². The predicted octanol–water partition coefficient (Wildman–Crippen LogP) is 3.32. The van der Waals surface area contributed by atoms with E-state index in [0.717, 1.165) is 16.9 Å². The molecule has 2 aromatic carbocycles. The van der Waals surface area contributed by atoms with Crippen molar-refractivity contribution in [2.75, 3.05) is 0 Å². The van der Waals surface area contributed by atoms with Gasteiger partial charge in [0, 0.05) is 5.56 Å². The highest BCUT2D eigenvalue weighted by Crippen LogP contribution is 2.38. The molecular weight excluding hydrogens is 212 g/mol. The minimum atomic E-state index is -0.366. The Balaban J connectivity index is 2.19. The van der Waals surface area contributed by atoms with Crippen LogP contribution < -0.4 is 4.74 Å². The van der Waals surface area contributed by atoms with Crippen molar-refractivity contribution in [2.45, 2.75) is 13.0 Å². The van der Waals surface area contributed by atoms with E-state index in [1.807, 2.05) is 48.5 Å². The SMILES string of the molecule is CC1Oc2c(cccc2-c2ccccc2)C1=O. The van der Waals surface area contributed by atoms with Crippen LogP contribution >= 0.6 is 0 Å². The highest BCUT2D eigenvalue weighted by Gasteiger charge is 2.30. The molecule has 1 unspecified atom stereocenters. The molecule has 0 aromatic heterocycles. The van der Waals surface area contributed by atoms with Crippen molar-refractivity contribution in [3.05, 3.63) is 54.1 Å². The number of ether oxygens (including phenoxy) is 1. The minimum Gasteiger partial charge on any atom is -0.481 e. The van der Waals surface area contributed by atoms with E-state index in [1.165, 1.54) is 0 Å². The summed E-state index contributed by atoms with van der Waals surface area (Å²) in [6.07, 6.45) is -0.366. The molecule has 0 bridgehead atoms. The number of benzene rings is 2. The van der Waals surface area contributed by atoms with E-state index in [4.69, 9.17) is 4.74 Å². The van der Waals surface area contributed by atoms with Gasteiger partial charge in [-0.05, 0) is 18.6 Å². The number of hydrogen-bond acceptors (Lipinski definition) is 2. The van der Waals surface area contributed by atoms with E-state index in [0.29, 0.717) is 5.56 Å². The Morgan fingerprint density at radius 2 is 1.65 bits per heavy atom. The lowest BCUT2D eigenvalue weighted by molar-refractivity contribution is 0.0879. The molecule has 0 radical (unpaired) electrons. The molecule has 1 aliphatic rings. The molecule has 3 rings (SSSR count). The summed E-state index contributed by atoms with van der Waals surface area (Å²) >= 11 is 0. The Bertz CT molecular complexity index is 573. The summed E-state index contributed by atoms with van der Waals surface area (Å²) in [5, 5.41) is 0. The van der Waals surface area contributed by atoms with Gasteiger partial charge in [0.05, 0.1) is 5.56 Å². The first-order valence-corrected chi connectivity index (χ1v) is 5.66. The summed E-state index contributed by atoms with van der Waals surface area (Å²) in [5.41, 5.74) is 2.76. The fourth-order valence-corrected chi connectivity index (χ4v) is 2.15. The zero-order valence-corrected chi connectivity index (χ0v) is 9.51. The second-order valence-electron chi connectivity index (χ2n) is 4.17. The molecule has 84 valence electrons. The van der Waals surface area contributed by atoms with Crippen molar-refractivity contribution in [1.29, 1.82) is 0 Å². The molecule has 0 spiro atoms. The standard InChI is InChI=1S/C15H12O2/c1-10-14(16)13-9-5-8-12(15(13)17-10)11-6-3-2-4-7-11/h2-10H,1H3. The maximum absolute atomic E-state index is 11.9. The van der Waals surface area contributed by atoms with Crippen LogP contribution in [0.5, 0.6) is 5.75 Å². The molecule has 1 aliphatic heterocycles. The maximum atomic E-state index is 11.9. The van der Waals surface area contributed by atoms with Crippen molar-refractivity contribution in [3.8, 4) is 16.9 Å². The number of fused-ring (bicyclic) bond motifs is 1. The van der Waals surface area contributed by atoms with Gasteiger partial charge < -0.3 is 4.74 Å². The summed E-state index contributed by atoms with van der Waals surface area (Å²) in [6.45, 7) is 1.79. The molecule has 0 saturated carbocycles. The minimum absolute atomic E-state index is 0.0674. The van der Waals surface area contributed by atoms with Crippen molar-refractivity contribution in [2.24, 2.45) is 0 Å². The molecular formula is C15H12O2. The maximum Gasteiger partial charge on any atom is 0.206 e. The van der Waals surface area contributed by atoms with Crippen LogP contribution in [0.2, 0.25) is 0 Å². The number of carbonyl (C=O) groups is 1. The van der Waals surface area contributed by atoms with Gasteiger partial charge in [-0.15, -0.1) is 0 Å². The molecule has 2 nitrogen and oxygen atoms in total. The van der Waals surface area contributed by atoms with Crippen LogP contribution in [-0.2, 0) is 0 Å². The van der Waals surface area contributed by atoms with E-state index in [9.17, 15) is 4.79 Å². The number of hydrogen-bond donors (Lipinski definition) is 0. The average molecular weight is 224 g/mol. The van der Waals surface area contributed by atoms with Crippen LogP contribution in [0.25, 0.3) is 11.1 Å². The zero-order valence-electron chi connectivity index (χ0n) is 9.51. The molecule has 0 saturated heterocycles. The molecule has 0 aliphatic carbocycles. The second-order valence-corrected chi connectivity index (χ2v) is 4.17. The molecule has 0 N–H and O–H groups in total. The Morgan fingerprint density at radius 3 is 2.41 bits per heavy atom. The molecule has 2 heteroatoms. The second kappa shape index (κ2) is 3.74. The quantitative estimate of drug-likeness (QED) is 0.742. The van der Waals surface area contributed by atoms with Gasteiger partial charge in [0.25, 0.3) is 0 Å². The van der Waals surface area contributed by atoms with Gasteiger partial charge in [0.2, 0.25) is 5.78 Å². The highest BCUT2D eigenvalue weighted by molar-refractivity contribution is 6.06. The Labute approximate surface area is 99.9 Å². The van der Waals surface area contributed by atoms with Crippen LogP contribution in [0.3, 0.4) is 0 Å². The van der Waals surface area contributed by atoms with Crippen LogP contribution in [0, 0.1) is 0 Å². The summed E-state index contributed by atoms with van der Waals surface area (Å²) < 4.78 is 5.66. The molecule has 2 aromatic rings. The fraction of sp³-hybridized carbons (Fsp3) is 0.133. The third kappa shape index (κ3) is 1.53. The van der Waals surface area contributed by atoms with E-state index >= 15 is 0 Å². The van der Waals surface area contributed by atoms with Crippen LogP contribution in [0.1, 0.15) is 17.3 Å². The first kappa shape index (κ1) is 10.1.